The lowest BCUT2D eigenvalue weighted by Gasteiger charge is -2.08. The molecule has 3 nitrogen and oxygen atoms in total. The molecule has 4 heteroatoms. The number of halogens is 1. The van der Waals surface area contributed by atoms with Gasteiger partial charge in [0.05, 0.1) is 6.61 Å². The van der Waals surface area contributed by atoms with Crippen molar-refractivity contribution in [2.45, 2.75) is 52.0 Å². The fourth-order valence-electron chi connectivity index (χ4n) is 1.97. The average molecular weight is 312 g/mol. The van der Waals surface area contributed by atoms with Crippen LogP contribution in [0.1, 0.15) is 51.0 Å². The van der Waals surface area contributed by atoms with Gasteiger partial charge in [0.2, 0.25) is 5.91 Å². The van der Waals surface area contributed by atoms with E-state index in [2.05, 4.69) is 12.2 Å². The molecule has 1 aromatic rings. The predicted molar refractivity (Wildman–Crippen MR) is 87.9 cm³/mol. The molecule has 1 rings (SSSR count). The van der Waals surface area contributed by atoms with Gasteiger partial charge in [-0.05, 0) is 24.1 Å². The number of unbranched alkanes of at least 4 members (excludes halogenated alkanes) is 4. The van der Waals surface area contributed by atoms with Crippen molar-refractivity contribution in [3.8, 4) is 5.75 Å². The number of carbonyl (C=O) groups excluding carboxylic acids is 1. The van der Waals surface area contributed by atoms with Gasteiger partial charge in [-0.25, -0.2) is 0 Å². The smallest absolute Gasteiger partial charge is 0.221 e. The summed E-state index contributed by atoms with van der Waals surface area (Å²) in [4.78, 5) is 11.3. The Labute approximate surface area is 133 Å². The van der Waals surface area contributed by atoms with Crippen molar-refractivity contribution in [3.05, 3.63) is 29.8 Å². The van der Waals surface area contributed by atoms with Gasteiger partial charge in [-0.2, -0.15) is 0 Å². The van der Waals surface area contributed by atoms with E-state index in [1.165, 1.54) is 25.7 Å². The van der Waals surface area contributed by atoms with Crippen molar-refractivity contribution < 1.29 is 9.53 Å². The van der Waals surface area contributed by atoms with Crippen LogP contribution in [0.2, 0.25) is 0 Å². The van der Waals surface area contributed by atoms with Crippen LogP contribution >= 0.6 is 11.6 Å². The molecule has 0 fully saturated rings. The van der Waals surface area contributed by atoms with E-state index >= 15 is 0 Å². The molecule has 0 spiro atoms. The summed E-state index contributed by atoms with van der Waals surface area (Å²) in [5.74, 6) is 1.23. The van der Waals surface area contributed by atoms with E-state index in [1.807, 2.05) is 24.3 Å². The number of amides is 1. The van der Waals surface area contributed by atoms with Gasteiger partial charge in [0.1, 0.15) is 5.75 Å². The number of alkyl halides is 1. The number of carbonyl (C=O) groups is 1. The van der Waals surface area contributed by atoms with Crippen molar-refractivity contribution in [1.29, 1.82) is 0 Å². The van der Waals surface area contributed by atoms with Crippen LogP contribution in [-0.4, -0.2) is 18.4 Å². The highest BCUT2D eigenvalue weighted by molar-refractivity contribution is 6.18. The second kappa shape index (κ2) is 11.4. The minimum Gasteiger partial charge on any atom is -0.494 e. The van der Waals surface area contributed by atoms with Crippen molar-refractivity contribution in [2.75, 3.05) is 12.5 Å². The minimum absolute atomic E-state index is 0.0163. The first-order valence-corrected chi connectivity index (χ1v) is 8.34. The Bertz CT molecular complexity index is 392. The maximum Gasteiger partial charge on any atom is 0.221 e. The maximum atomic E-state index is 11.3. The highest BCUT2D eigenvalue weighted by atomic mass is 35.5. The second-order valence-electron chi connectivity index (χ2n) is 5.12. The van der Waals surface area contributed by atoms with Crippen LogP contribution in [0.4, 0.5) is 0 Å². The monoisotopic (exact) mass is 311 g/mol. The zero-order chi connectivity index (χ0) is 15.3. The van der Waals surface area contributed by atoms with Crippen molar-refractivity contribution in [1.82, 2.24) is 5.32 Å². The number of hydrogen-bond acceptors (Lipinski definition) is 2. The summed E-state index contributed by atoms with van der Waals surface area (Å²) in [6, 6.07) is 7.87. The number of rotatable bonds is 11. The summed E-state index contributed by atoms with van der Waals surface area (Å²) in [6.45, 7) is 3.53. The van der Waals surface area contributed by atoms with Crippen LogP contribution < -0.4 is 10.1 Å². The molecule has 0 atom stereocenters. The van der Waals surface area contributed by atoms with Gasteiger partial charge >= 0.3 is 0 Å². The molecule has 0 saturated heterocycles. The maximum absolute atomic E-state index is 11.3. The molecule has 0 radical (unpaired) electrons. The van der Waals surface area contributed by atoms with Gasteiger partial charge in [-0.1, -0.05) is 44.7 Å². The van der Waals surface area contributed by atoms with Gasteiger partial charge in [0.15, 0.2) is 0 Å². The largest absolute Gasteiger partial charge is 0.494 e. The third kappa shape index (κ3) is 8.61. The molecule has 118 valence electrons. The lowest BCUT2D eigenvalue weighted by molar-refractivity contribution is -0.120. The molecule has 0 aliphatic heterocycles. The summed E-state index contributed by atoms with van der Waals surface area (Å²) in [6.07, 6.45) is 6.57. The fraction of sp³-hybridized carbons (Fsp3) is 0.588. The van der Waals surface area contributed by atoms with Gasteiger partial charge < -0.3 is 10.1 Å². The summed E-state index contributed by atoms with van der Waals surface area (Å²) in [5, 5.41) is 2.83. The third-order valence-corrected chi connectivity index (χ3v) is 3.44. The molecule has 0 bridgehead atoms. The Morgan fingerprint density at radius 1 is 1.14 bits per heavy atom. The molecule has 1 amide bonds. The SMILES string of the molecule is CCCCCCCOc1ccc(CNC(=O)CCCl)cc1. The van der Waals surface area contributed by atoms with Gasteiger partial charge in [-0.15, -0.1) is 11.6 Å². The van der Waals surface area contributed by atoms with Crippen molar-refractivity contribution in [2.24, 2.45) is 0 Å². The lowest BCUT2D eigenvalue weighted by atomic mass is 10.2. The predicted octanol–water partition coefficient (Wildman–Crippen LogP) is 4.28. The topological polar surface area (TPSA) is 38.3 Å². The molecule has 0 saturated carbocycles. The highest BCUT2D eigenvalue weighted by Gasteiger charge is 2.00. The van der Waals surface area contributed by atoms with Gasteiger partial charge in [-0.3, -0.25) is 4.79 Å². The molecule has 1 N–H and O–H groups in total. The average Bonchev–Trinajstić information content (AvgIpc) is 2.50. The van der Waals surface area contributed by atoms with Crippen molar-refractivity contribution in [3.63, 3.8) is 0 Å². The molecular formula is C17H26ClNO2. The van der Waals surface area contributed by atoms with Crippen molar-refractivity contribution >= 4 is 17.5 Å². The zero-order valence-electron chi connectivity index (χ0n) is 12.9. The Balaban J connectivity index is 2.19. The molecule has 0 unspecified atom stereocenters. The number of nitrogens with one attached hydrogen (secondary N) is 1. The first-order valence-electron chi connectivity index (χ1n) is 7.80. The first kappa shape index (κ1) is 17.8. The fourth-order valence-corrected chi connectivity index (χ4v) is 2.15. The summed E-state index contributed by atoms with van der Waals surface area (Å²) < 4.78 is 5.70. The molecule has 21 heavy (non-hydrogen) atoms. The zero-order valence-corrected chi connectivity index (χ0v) is 13.6. The van der Waals surface area contributed by atoms with E-state index in [9.17, 15) is 4.79 Å². The summed E-state index contributed by atoms with van der Waals surface area (Å²) in [5.41, 5.74) is 1.06. The van der Waals surface area contributed by atoms with Crippen LogP contribution in [0.25, 0.3) is 0 Å². The Morgan fingerprint density at radius 3 is 2.52 bits per heavy atom. The van der Waals surface area contributed by atoms with E-state index in [0.717, 1.165) is 24.3 Å². The molecule has 0 heterocycles. The highest BCUT2D eigenvalue weighted by Crippen LogP contribution is 2.13. The Kier molecular flexibility index (Phi) is 9.71. The number of hydrogen-bond donors (Lipinski definition) is 1. The van der Waals surface area contributed by atoms with Crippen LogP contribution in [-0.2, 0) is 11.3 Å². The molecule has 0 aliphatic carbocycles. The number of benzene rings is 1. The van der Waals surface area contributed by atoms with Gasteiger partial charge in [0, 0.05) is 18.8 Å². The van der Waals surface area contributed by atoms with Gasteiger partial charge in [0.25, 0.3) is 0 Å². The van der Waals surface area contributed by atoms with Crippen LogP contribution in [0.15, 0.2) is 24.3 Å². The van der Waals surface area contributed by atoms with E-state index in [1.54, 1.807) is 0 Å². The van der Waals surface area contributed by atoms with Crippen LogP contribution in [0.3, 0.4) is 0 Å². The Hall–Kier alpha value is -1.22. The number of ether oxygens (including phenoxy) is 1. The molecule has 0 aliphatic rings. The standard InChI is InChI=1S/C17H26ClNO2/c1-2-3-4-5-6-13-21-16-9-7-15(8-10-16)14-19-17(20)11-12-18/h7-10H,2-6,11-14H2,1H3,(H,19,20). The van der Waals surface area contributed by atoms with Crippen LogP contribution in [0.5, 0.6) is 5.75 Å². The lowest BCUT2D eigenvalue weighted by Crippen LogP contribution is -2.22. The van der Waals surface area contributed by atoms with Crippen LogP contribution in [0, 0.1) is 0 Å². The van der Waals surface area contributed by atoms with E-state index < -0.39 is 0 Å². The van der Waals surface area contributed by atoms with E-state index in [4.69, 9.17) is 16.3 Å². The summed E-state index contributed by atoms with van der Waals surface area (Å²) >= 11 is 5.51. The third-order valence-electron chi connectivity index (χ3n) is 3.25. The Morgan fingerprint density at radius 2 is 1.86 bits per heavy atom. The van der Waals surface area contributed by atoms with E-state index in [-0.39, 0.29) is 5.91 Å². The normalized spacial score (nSPS) is 10.4. The quantitative estimate of drug-likeness (QED) is 0.489. The summed E-state index contributed by atoms with van der Waals surface area (Å²) in [7, 11) is 0. The minimum atomic E-state index is -0.0163. The molecule has 1 aromatic carbocycles. The molecule has 0 aromatic heterocycles. The first-order chi connectivity index (χ1) is 10.3. The van der Waals surface area contributed by atoms with E-state index in [0.29, 0.717) is 18.8 Å². The second-order valence-corrected chi connectivity index (χ2v) is 5.50. The molecular weight excluding hydrogens is 286 g/mol.